The molecule has 0 aromatic carbocycles. The molecule has 23 heavy (non-hydrogen) atoms. The number of hydrogen-bond donors (Lipinski definition) is 0. The summed E-state index contributed by atoms with van der Waals surface area (Å²) >= 11 is 0. The van der Waals surface area contributed by atoms with E-state index in [4.69, 9.17) is 15.1 Å². The van der Waals surface area contributed by atoms with Gasteiger partial charge >= 0.3 is 58.4 Å². The van der Waals surface area contributed by atoms with Crippen LogP contribution in [0.1, 0.15) is 51.4 Å². The molecule has 0 atom stereocenters. The van der Waals surface area contributed by atoms with Crippen LogP contribution in [0, 0.1) is 0 Å². The van der Waals surface area contributed by atoms with Crippen molar-refractivity contribution < 1.29 is 73.5 Å². The van der Waals surface area contributed by atoms with Gasteiger partial charge in [0, 0.05) is 0 Å². The van der Waals surface area contributed by atoms with E-state index in [0.717, 1.165) is 0 Å². The van der Waals surface area contributed by atoms with Crippen LogP contribution in [0.3, 0.4) is 0 Å². The Morgan fingerprint density at radius 2 is 0.478 bits per heavy atom. The summed E-state index contributed by atoms with van der Waals surface area (Å²) in [5.41, 5.74) is 0. The maximum Gasteiger partial charge on any atom is 1.00 e. The first-order valence-corrected chi connectivity index (χ1v) is 7.31. The van der Waals surface area contributed by atoms with Crippen molar-refractivity contribution >= 4 is 7.32 Å². The van der Waals surface area contributed by atoms with Crippen LogP contribution >= 0.6 is 0 Å². The van der Waals surface area contributed by atoms with Gasteiger partial charge in [-0.25, -0.2) is 0 Å². The molecule has 0 bridgehead atoms. The monoisotopic (exact) mass is 581 g/mol. The molecule has 0 saturated carbocycles. The van der Waals surface area contributed by atoms with Crippen LogP contribution in [0.2, 0.25) is 0 Å². The van der Waals surface area contributed by atoms with Gasteiger partial charge in [0.15, 0.2) is 0 Å². The Morgan fingerprint density at radius 3 is 0.565 bits per heavy atom. The smallest absolute Gasteiger partial charge is 0.907 e. The second-order valence-electron chi connectivity index (χ2n) is 4.48. The summed E-state index contributed by atoms with van der Waals surface area (Å²) in [6, 6.07) is 0. The zero-order valence-corrected chi connectivity index (χ0v) is 18.4. The fourth-order valence-corrected chi connectivity index (χ4v) is 1.71. The van der Waals surface area contributed by atoms with E-state index in [1.165, 1.54) is 51.4 Å². The first-order chi connectivity index (χ1) is 9.73. The van der Waals surface area contributed by atoms with E-state index in [0.29, 0.717) is 0 Å². The van der Waals surface area contributed by atoms with Crippen LogP contribution in [0.25, 0.3) is 0 Å². The van der Waals surface area contributed by atoms with Crippen LogP contribution in [0.15, 0.2) is 48.6 Å². The van der Waals surface area contributed by atoms with Gasteiger partial charge in [-0.1, -0.05) is 48.6 Å². The standard InChI is InChI=1S/2C8H12.BO3.3Ru/c2*1-2-4-6-8-7-5-3-1;2-1(3)4;;;/h2*1-2,7-8H,3-6H2;;;;/q;;-3;3*+1. The molecule has 0 heterocycles. The zero-order valence-electron chi connectivity index (χ0n) is 13.1. The van der Waals surface area contributed by atoms with E-state index in [1.54, 1.807) is 0 Å². The molecular weight excluding hydrogens is 554 g/mol. The van der Waals surface area contributed by atoms with Crippen molar-refractivity contribution in [3.05, 3.63) is 48.6 Å². The van der Waals surface area contributed by atoms with E-state index in [1.807, 2.05) is 0 Å². The number of allylic oxidation sites excluding steroid dienone is 8. The third kappa shape index (κ3) is 34.9. The molecule has 0 amide bonds. The Morgan fingerprint density at radius 1 is 0.391 bits per heavy atom. The average molecular weight is 578 g/mol. The van der Waals surface area contributed by atoms with E-state index < -0.39 is 7.32 Å². The second kappa shape index (κ2) is 27.6. The summed E-state index contributed by atoms with van der Waals surface area (Å²) < 4.78 is 0. The predicted molar refractivity (Wildman–Crippen MR) is 79.3 cm³/mol. The van der Waals surface area contributed by atoms with Gasteiger partial charge in [-0.3, -0.25) is 7.32 Å². The summed E-state index contributed by atoms with van der Waals surface area (Å²) in [5, 5.41) is 25.2. The van der Waals surface area contributed by atoms with Crippen molar-refractivity contribution in [2.24, 2.45) is 0 Å². The normalized spacial score (nSPS) is 15.1. The van der Waals surface area contributed by atoms with Crippen molar-refractivity contribution in [3.8, 4) is 0 Å². The molecule has 3 radical (unpaired) electrons. The van der Waals surface area contributed by atoms with Crippen LogP contribution in [-0.4, -0.2) is 7.32 Å². The Bertz CT molecular complexity index is 237. The number of hydrogen-bond acceptors (Lipinski definition) is 3. The van der Waals surface area contributed by atoms with Gasteiger partial charge in [0.2, 0.25) is 0 Å². The predicted octanol–water partition coefficient (Wildman–Crippen LogP) is 1.39. The van der Waals surface area contributed by atoms with Gasteiger partial charge in [0.1, 0.15) is 0 Å². The van der Waals surface area contributed by atoms with E-state index in [2.05, 4.69) is 48.6 Å². The average Bonchev–Trinajstić information content (AvgIpc) is 2.26. The third-order valence-electron chi connectivity index (χ3n) is 2.67. The molecule has 2 aliphatic carbocycles. The second-order valence-corrected chi connectivity index (χ2v) is 4.48. The van der Waals surface area contributed by atoms with E-state index >= 15 is 0 Å². The van der Waals surface area contributed by atoms with Crippen LogP contribution < -0.4 is 15.1 Å². The Labute approximate surface area is 179 Å². The maximum atomic E-state index is 8.42. The van der Waals surface area contributed by atoms with Gasteiger partial charge in [-0.2, -0.15) is 0 Å². The van der Waals surface area contributed by atoms with E-state index in [-0.39, 0.29) is 58.4 Å². The maximum absolute atomic E-state index is 8.42. The first kappa shape index (κ1) is 31.5. The van der Waals surface area contributed by atoms with Crippen molar-refractivity contribution in [1.29, 1.82) is 0 Å². The molecule has 0 N–H and O–H groups in total. The number of rotatable bonds is 0. The van der Waals surface area contributed by atoms with Crippen molar-refractivity contribution in [2.45, 2.75) is 51.4 Å². The Kier molecular flexibility index (Phi) is 37.9. The molecule has 0 aromatic heterocycles. The molecule has 2 rings (SSSR count). The van der Waals surface area contributed by atoms with Gasteiger partial charge in [-0.05, 0) is 51.4 Å². The molecule has 0 aliphatic heterocycles. The van der Waals surface area contributed by atoms with Crippen molar-refractivity contribution in [2.75, 3.05) is 0 Å². The molecule has 3 nitrogen and oxygen atoms in total. The molecule has 2 aliphatic rings. The zero-order chi connectivity index (χ0) is 14.9. The first-order valence-electron chi connectivity index (χ1n) is 7.31. The SMILES string of the molecule is C1=CCCC=CCC1.C1=CCCC=CCC1.[O-]B([O-])[O-].[Ru+].[Ru+].[Ru+]. The van der Waals surface area contributed by atoms with Gasteiger partial charge in [-0.15, -0.1) is 0 Å². The quantitative estimate of drug-likeness (QED) is 0.323. The summed E-state index contributed by atoms with van der Waals surface area (Å²) in [4.78, 5) is 0. The molecule has 0 fully saturated rings. The van der Waals surface area contributed by atoms with Gasteiger partial charge < -0.3 is 15.1 Å². The van der Waals surface area contributed by atoms with Crippen LogP contribution in [0.4, 0.5) is 0 Å². The van der Waals surface area contributed by atoms with Crippen molar-refractivity contribution in [3.63, 3.8) is 0 Å². The topological polar surface area (TPSA) is 69.2 Å². The molecular formula is C16H24BO3Ru3. The van der Waals surface area contributed by atoms with Crippen LogP contribution in [0.5, 0.6) is 0 Å². The minimum atomic E-state index is -2.92. The summed E-state index contributed by atoms with van der Waals surface area (Å²) in [7, 11) is -2.92. The largest absolute Gasteiger partial charge is 1.00 e. The van der Waals surface area contributed by atoms with Gasteiger partial charge in [0.05, 0.1) is 0 Å². The third-order valence-corrected chi connectivity index (χ3v) is 2.67. The molecule has 133 valence electrons. The van der Waals surface area contributed by atoms with Gasteiger partial charge in [0.25, 0.3) is 0 Å². The van der Waals surface area contributed by atoms with E-state index in [9.17, 15) is 0 Å². The Balaban J connectivity index is -0.000000116. The summed E-state index contributed by atoms with van der Waals surface area (Å²) in [5.74, 6) is 0. The Hall–Kier alpha value is 0.775. The summed E-state index contributed by atoms with van der Waals surface area (Å²) in [6.45, 7) is 0. The fraction of sp³-hybridized carbons (Fsp3) is 0.500. The van der Waals surface area contributed by atoms with Crippen molar-refractivity contribution in [1.82, 2.24) is 0 Å². The molecule has 7 heteroatoms. The molecule has 0 aromatic rings. The minimum Gasteiger partial charge on any atom is -0.907 e. The minimum absolute atomic E-state index is 0. The molecule has 0 spiro atoms. The summed E-state index contributed by atoms with van der Waals surface area (Å²) in [6.07, 6.45) is 28.0. The van der Waals surface area contributed by atoms with Crippen LogP contribution in [-0.2, 0) is 58.4 Å². The fourth-order valence-electron chi connectivity index (χ4n) is 1.71. The molecule has 0 unspecified atom stereocenters. The molecule has 0 saturated heterocycles.